The molecule has 0 spiro atoms. The molecule has 0 aliphatic carbocycles. The van der Waals surface area contributed by atoms with Gasteiger partial charge in [-0.15, -0.1) is 0 Å². The molecule has 317 valence electrons. The van der Waals surface area contributed by atoms with Crippen LogP contribution in [0.5, 0.6) is 0 Å². The van der Waals surface area contributed by atoms with E-state index in [1.165, 1.54) is 0 Å². The van der Waals surface area contributed by atoms with Crippen molar-refractivity contribution in [1.82, 2.24) is 15.0 Å². The number of ketones is 3. The first kappa shape index (κ1) is 46.7. The summed E-state index contributed by atoms with van der Waals surface area (Å²) in [5.41, 5.74) is -9.48. The summed E-state index contributed by atoms with van der Waals surface area (Å²) in [6.45, 7) is 0. The summed E-state index contributed by atoms with van der Waals surface area (Å²) in [6, 6.07) is 0.712. The fraction of sp³-hybridized carbons (Fsp3) is 0.200. The first-order chi connectivity index (χ1) is 26.3. The molecule has 3 rings (SSSR count). The van der Waals surface area contributed by atoms with Crippen LogP contribution in [-0.4, -0.2) is 50.8 Å². The van der Waals surface area contributed by atoms with Crippen molar-refractivity contribution in [2.45, 2.75) is 37.1 Å². The first-order valence-corrected chi connectivity index (χ1v) is 15.4. The number of aromatic nitrogens is 3. The Kier molecular flexibility index (Phi) is 13.7. The van der Waals surface area contributed by atoms with Crippen molar-refractivity contribution in [2.24, 2.45) is 0 Å². The summed E-state index contributed by atoms with van der Waals surface area (Å²) in [5.74, 6) is -15.3. The maximum atomic E-state index is 14.1. The van der Waals surface area contributed by atoms with E-state index < -0.39 is 139 Å². The Morgan fingerprint density at radius 2 is 0.655 bits per heavy atom. The Balaban J connectivity index is 2.23. The van der Waals surface area contributed by atoms with Crippen molar-refractivity contribution >= 4 is 17.3 Å². The number of pyridine rings is 3. The number of nitrogens with zero attached hydrogens (tertiary/aromatic N) is 3. The average Bonchev–Trinajstić information content (AvgIpc) is 3.08. The summed E-state index contributed by atoms with van der Waals surface area (Å²) in [4.78, 5) is 46.1. The van der Waals surface area contributed by atoms with E-state index in [9.17, 15) is 93.4 Å². The number of rotatable bonds is 12. The molecule has 0 saturated carbocycles. The minimum atomic E-state index is -6.19. The molecule has 0 aliphatic heterocycles. The molecule has 0 aromatic carbocycles. The van der Waals surface area contributed by atoms with Gasteiger partial charge in [-0.1, -0.05) is 0 Å². The van der Waals surface area contributed by atoms with Gasteiger partial charge < -0.3 is 0 Å². The van der Waals surface area contributed by atoms with Crippen molar-refractivity contribution < 1.29 is 120 Å². The van der Waals surface area contributed by atoms with Crippen LogP contribution in [0.2, 0.25) is 0 Å². The van der Waals surface area contributed by atoms with Crippen LogP contribution in [0, 0.1) is 0 Å². The number of allylic oxidation sites excluding steroid dienone is 6. The molecule has 0 bridgehead atoms. The van der Waals surface area contributed by atoms with Crippen LogP contribution < -0.4 is 0 Å². The van der Waals surface area contributed by atoms with E-state index in [2.05, 4.69) is 26.4 Å². The first-order valence-electron chi connectivity index (χ1n) is 14.1. The van der Waals surface area contributed by atoms with Crippen LogP contribution in [0.15, 0.2) is 90.5 Å². The quantitative estimate of drug-likeness (QED) is 0.0576. The molecule has 3 aromatic rings. The second-order valence-corrected chi connectivity index (χ2v) is 11.5. The summed E-state index contributed by atoms with van der Waals surface area (Å²) in [7, 11) is 0. The Morgan fingerprint density at radius 3 is 0.845 bits per heavy atom. The van der Waals surface area contributed by atoms with E-state index in [-0.39, 0.29) is 36.8 Å². The van der Waals surface area contributed by atoms with E-state index in [0.717, 1.165) is 0 Å². The molecule has 58 heavy (non-hydrogen) atoms. The Hall–Kier alpha value is -5.66. The molecule has 0 amide bonds. The SMILES string of the molecule is O=C(C=C([O][Fe]([O]C(=CC(=O)c1ccnc(C(F)(F)F)c1)C(F)(F)F)[O]C(=CC(=O)c1ccnc(C(F)(F)F)c1)C(F)(F)F)C(F)(F)F)c1ccnc(C(F)(F)F)c1. The van der Waals surface area contributed by atoms with Gasteiger partial charge in [-0.05, 0) is 0 Å². The predicted octanol–water partition coefficient (Wildman–Crippen LogP) is 9.63. The van der Waals surface area contributed by atoms with E-state index >= 15 is 0 Å². The Bertz CT molecular complexity index is 1880. The van der Waals surface area contributed by atoms with Crippen molar-refractivity contribution in [2.75, 3.05) is 0 Å². The number of carbonyl (C=O) groups excluding carboxylic acids is 3. The van der Waals surface area contributed by atoms with Crippen molar-refractivity contribution in [3.05, 3.63) is 124 Å². The van der Waals surface area contributed by atoms with E-state index in [4.69, 9.17) is 0 Å². The van der Waals surface area contributed by atoms with Crippen molar-refractivity contribution in [3.63, 3.8) is 0 Å². The second-order valence-electron chi connectivity index (χ2n) is 10.3. The van der Waals surface area contributed by atoms with Gasteiger partial charge in [-0.3, -0.25) is 0 Å². The minimum absolute atomic E-state index is 0.136. The molecule has 0 atom stereocenters. The molecule has 0 radical (unpaired) electrons. The van der Waals surface area contributed by atoms with Gasteiger partial charge in [0, 0.05) is 0 Å². The normalized spacial score (nSPS) is 14.2. The van der Waals surface area contributed by atoms with Crippen LogP contribution in [0.3, 0.4) is 0 Å². The summed E-state index contributed by atoms with van der Waals surface area (Å²) >= 11 is -5.40. The van der Waals surface area contributed by atoms with Crippen LogP contribution in [0.25, 0.3) is 0 Å². The molecular weight excluding hydrogens is 896 g/mol. The van der Waals surface area contributed by atoms with Crippen LogP contribution in [-0.2, 0) is 44.9 Å². The molecule has 28 heteroatoms. The zero-order chi connectivity index (χ0) is 44.2. The fourth-order valence-corrected chi connectivity index (χ4v) is 4.80. The maximum absolute atomic E-state index is 14.1. The molecule has 3 heterocycles. The average molecular weight is 908 g/mol. The van der Waals surface area contributed by atoms with Crippen molar-refractivity contribution in [3.8, 4) is 0 Å². The van der Waals surface area contributed by atoms with Gasteiger partial charge in [0.05, 0.1) is 0 Å². The number of alkyl halides is 18. The number of halogens is 18. The van der Waals surface area contributed by atoms with E-state index in [1.807, 2.05) is 0 Å². The third-order valence-electron chi connectivity index (χ3n) is 6.04. The Labute approximate surface area is 313 Å². The third-order valence-corrected chi connectivity index (χ3v) is 7.32. The fourth-order valence-electron chi connectivity index (χ4n) is 3.49. The van der Waals surface area contributed by atoms with Gasteiger partial charge in [0.15, 0.2) is 0 Å². The molecule has 3 aromatic heterocycles. The zero-order valence-corrected chi connectivity index (χ0v) is 28.0. The van der Waals surface area contributed by atoms with Gasteiger partial charge in [0.25, 0.3) is 0 Å². The van der Waals surface area contributed by atoms with Crippen LogP contribution in [0.4, 0.5) is 79.0 Å². The zero-order valence-electron chi connectivity index (χ0n) is 26.9. The summed E-state index contributed by atoms with van der Waals surface area (Å²) in [6.07, 6.45) is -36.2. The number of hydrogen-bond donors (Lipinski definition) is 0. The monoisotopic (exact) mass is 908 g/mol. The van der Waals surface area contributed by atoms with Crippen LogP contribution in [0.1, 0.15) is 48.2 Å². The predicted molar refractivity (Wildman–Crippen MR) is 146 cm³/mol. The summed E-state index contributed by atoms with van der Waals surface area (Å²) < 4.78 is 256. The van der Waals surface area contributed by atoms with Gasteiger partial charge in [0.1, 0.15) is 0 Å². The number of hydrogen-bond acceptors (Lipinski definition) is 9. The standard InChI is InChI=1S/3C10H5F6NO2.Fe/c3*11-9(12,13)7-3-5(1-2-17-7)6(18)4-8(19)10(14,15)16;/h3*1-4,19H;/q;;;+3/p-3. The molecular formula is C30H12F18FeN3O6. The second kappa shape index (κ2) is 17.1. The molecule has 0 saturated heterocycles. The molecule has 0 fully saturated rings. The van der Waals surface area contributed by atoms with Gasteiger partial charge in [0.2, 0.25) is 0 Å². The van der Waals surface area contributed by atoms with Gasteiger partial charge in [-0.2, -0.15) is 0 Å². The van der Waals surface area contributed by atoms with Gasteiger partial charge in [-0.25, -0.2) is 0 Å². The topological polar surface area (TPSA) is 118 Å². The van der Waals surface area contributed by atoms with Gasteiger partial charge >= 0.3 is 313 Å². The van der Waals surface area contributed by atoms with Crippen LogP contribution >= 0.6 is 0 Å². The third kappa shape index (κ3) is 13.2. The molecule has 0 aliphatic rings. The molecule has 0 N–H and O–H groups in total. The van der Waals surface area contributed by atoms with E-state index in [1.54, 1.807) is 0 Å². The molecule has 9 nitrogen and oxygen atoms in total. The Morgan fingerprint density at radius 1 is 0.431 bits per heavy atom. The number of carbonyl (C=O) groups is 3. The molecule has 0 unspecified atom stereocenters. The van der Waals surface area contributed by atoms with E-state index in [0.29, 0.717) is 18.2 Å². The van der Waals surface area contributed by atoms with Crippen molar-refractivity contribution in [1.29, 1.82) is 0 Å². The summed E-state index contributed by atoms with van der Waals surface area (Å²) in [5, 5.41) is 0.